The van der Waals surface area contributed by atoms with Crippen LogP contribution < -0.4 is 5.32 Å². The van der Waals surface area contributed by atoms with Gasteiger partial charge in [0.1, 0.15) is 0 Å². The highest BCUT2D eigenvalue weighted by atomic mass is 16.3. The summed E-state index contributed by atoms with van der Waals surface area (Å²) < 4.78 is 0. The maximum atomic E-state index is 11.5. The number of nitrogens with one attached hydrogen (secondary N) is 1. The van der Waals surface area contributed by atoms with Crippen LogP contribution in [0.1, 0.15) is 13.3 Å². The normalized spacial score (nSPS) is 32.0. The molecule has 1 amide bonds. The predicted octanol–water partition coefficient (Wildman–Crippen LogP) is 0.575. The third-order valence-electron chi connectivity index (χ3n) is 2.93. The lowest BCUT2D eigenvalue weighted by Gasteiger charge is -2.26. The average Bonchev–Trinajstić information content (AvgIpc) is 2.56. The molecule has 2 rings (SSSR count). The van der Waals surface area contributed by atoms with Gasteiger partial charge in [0.25, 0.3) is 0 Å². The highest BCUT2D eigenvalue weighted by Gasteiger charge is 2.37. The van der Waals surface area contributed by atoms with Gasteiger partial charge in [-0.1, -0.05) is 11.6 Å². The first kappa shape index (κ1) is 8.51. The summed E-state index contributed by atoms with van der Waals surface area (Å²) in [5.41, 5.74) is 2.07. The molecular weight excluding hydrogens is 166 g/mol. The number of hydrogen-bond acceptors (Lipinski definition) is 2. The molecule has 0 unspecified atom stereocenters. The molecule has 0 aromatic rings. The van der Waals surface area contributed by atoms with Gasteiger partial charge in [-0.05, 0) is 18.9 Å². The van der Waals surface area contributed by atoms with E-state index in [0.717, 1.165) is 12.0 Å². The summed E-state index contributed by atoms with van der Waals surface area (Å²) in [7, 11) is 0. The first-order valence-electron chi connectivity index (χ1n) is 4.51. The Balaban J connectivity index is 2.30. The summed E-state index contributed by atoms with van der Waals surface area (Å²) in [6, 6.07) is 0. The second-order valence-electron chi connectivity index (χ2n) is 3.65. The standard InChI is InChI=1S/C10H13NO2/c1-6-4-11-10(13)9-7(5-12)2-3-8(6)9/h2,4,8-9,12H,3,5H2,1H3,(H,11,13)/t8-,9-/m1/s1. The van der Waals surface area contributed by atoms with E-state index in [1.54, 1.807) is 6.20 Å². The van der Waals surface area contributed by atoms with Crippen molar-refractivity contribution >= 4 is 5.91 Å². The lowest BCUT2D eigenvalue weighted by Crippen LogP contribution is -2.36. The second kappa shape index (κ2) is 3.00. The van der Waals surface area contributed by atoms with Crippen LogP contribution in [0.15, 0.2) is 23.4 Å². The second-order valence-corrected chi connectivity index (χ2v) is 3.65. The lowest BCUT2D eigenvalue weighted by molar-refractivity contribution is -0.124. The summed E-state index contributed by atoms with van der Waals surface area (Å²) in [6.45, 7) is 2.02. The van der Waals surface area contributed by atoms with E-state index in [4.69, 9.17) is 5.11 Å². The van der Waals surface area contributed by atoms with E-state index in [9.17, 15) is 4.79 Å². The first-order chi connectivity index (χ1) is 6.24. The average molecular weight is 179 g/mol. The van der Waals surface area contributed by atoms with Crippen LogP contribution in [0.2, 0.25) is 0 Å². The number of allylic oxidation sites excluding steroid dienone is 2. The quantitative estimate of drug-likeness (QED) is 0.578. The van der Waals surface area contributed by atoms with Gasteiger partial charge in [-0.15, -0.1) is 0 Å². The fourth-order valence-electron chi connectivity index (χ4n) is 2.14. The topological polar surface area (TPSA) is 49.3 Å². The molecule has 2 N–H and O–H groups in total. The minimum absolute atomic E-state index is 0.00185. The van der Waals surface area contributed by atoms with Crippen molar-refractivity contribution < 1.29 is 9.90 Å². The number of fused-ring (bicyclic) bond motifs is 1. The zero-order valence-electron chi connectivity index (χ0n) is 7.58. The monoisotopic (exact) mass is 179 g/mol. The number of amides is 1. The van der Waals surface area contributed by atoms with Gasteiger partial charge in [-0.3, -0.25) is 4.79 Å². The molecule has 70 valence electrons. The van der Waals surface area contributed by atoms with E-state index in [-0.39, 0.29) is 24.3 Å². The van der Waals surface area contributed by atoms with E-state index in [1.807, 2.05) is 13.0 Å². The molecule has 1 heterocycles. The van der Waals surface area contributed by atoms with Crippen molar-refractivity contribution in [1.29, 1.82) is 0 Å². The Labute approximate surface area is 77.1 Å². The van der Waals surface area contributed by atoms with E-state index < -0.39 is 0 Å². The Bertz CT molecular complexity index is 304. The molecule has 1 aliphatic carbocycles. The van der Waals surface area contributed by atoms with Gasteiger partial charge in [-0.2, -0.15) is 0 Å². The van der Waals surface area contributed by atoms with E-state index in [2.05, 4.69) is 5.32 Å². The maximum Gasteiger partial charge on any atom is 0.231 e. The van der Waals surface area contributed by atoms with Crippen LogP contribution in [-0.2, 0) is 4.79 Å². The van der Waals surface area contributed by atoms with Crippen LogP contribution >= 0.6 is 0 Å². The smallest absolute Gasteiger partial charge is 0.231 e. The molecule has 0 spiro atoms. The van der Waals surface area contributed by atoms with Gasteiger partial charge < -0.3 is 10.4 Å². The highest BCUT2D eigenvalue weighted by molar-refractivity contribution is 5.85. The van der Waals surface area contributed by atoms with Crippen molar-refractivity contribution in [3.63, 3.8) is 0 Å². The molecular formula is C10H13NO2. The Hall–Kier alpha value is -1.09. The van der Waals surface area contributed by atoms with Gasteiger partial charge in [0.15, 0.2) is 0 Å². The van der Waals surface area contributed by atoms with Gasteiger partial charge >= 0.3 is 0 Å². The van der Waals surface area contributed by atoms with Gasteiger partial charge in [-0.25, -0.2) is 0 Å². The number of rotatable bonds is 1. The molecule has 0 radical (unpaired) electrons. The van der Waals surface area contributed by atoms with Crippen molar-refractivity contribution in [2.24, 2.45) is 11.8 Å². The van der Waals surface area contributed by atoms with Crippen molar-refractivity contribution in [2.45, 2.75) is 13.3 Å². The molecule has 3 nitrogen and oxygen atoms in total. The summed E-state index contributed by atoms with van der Waals surface area (Å²) in [5, 5.41) is 11.8. The molecule has 0 aromatic carbocycles. The summed E-state index contributed by atoms with van der Waals surface area (Å²) >= 11 is 0. The molecule has 0 aromatic heterocycles. The number of aliphatic hydroxyl groups excluding tert-OH is 1. The van der Waals surface area contributed by atoms with E-state index >= 15 is 0 Å². The van der Waals surface area contributed by atoms with Crippen LogP contribution in [0.4, 0.5) is 0 Å². The number of hydrogen-bond donors (Lipinski definition) is 2. The summed E-state index contributed by atoms with van der Waals surface area (Å²) in [6.07, 6.45) is 4.64. The van der Waals surface area contributed by atoms with Crippen molar-refractivity contribution in [1.82, 2.24) is 5.32 Å². The number of carbonyl (C=O) groups excluding carboxylic acids is 1. The Morgan fingerprint density at radius 1 is 1.69 bits per heavy atom. The van der Waals surface area contributed by atoms with Crippen LogP contribution in [0.25, 0.3) is 0 Å². The molecule has 0 saturated heterocycles. The molecule has 2 atom stereocenters. The largest absolute Gasteiger partial charge is 0.392 e. The van der Waals surface area contributed by atoms with E-state index in [0.29, 0.717) is 0 Å². The van der Waals surface area contributed by atoms with Gasteiger partial charge in [0.2, 0.25) is 5.91 Å². The van der Waals surface area contributed by atoms with Crippen molar-refractivity contribution in [3.8, 4) is 0 Å². The third-order valence-corrected chi connectivity index (χ3v) is 2.93. The summed E-state index contributed by atoms with van der Waals surface area (Å²) in [4.78, 5) is 11.5. The molecule has 3 heteroatoms. The van der Waals surface area contributed by atoms with Gasteiger partial charge in [0.05, 0.1) is 12.5 Å². The molecule has 0 saturated carbocycles. The zero-order chi connectivity index (χ0) is 9.42. The third kappa shape index (κ3) is 1.20. The molecule has 0 fully saturated rings. The fraction of sp³-hybridized carbons (Fsp3) is 0.500. The predicted molar refractivity (Wildman–Crippen MR) is 48.7 cm³/mol. The molecule has 13 heavy (non-hydrogen) atoms. The molecule has 2 aliphatic rings. The van der Waals surface area contributed by atoms with Crippen LogP contribution in [-0.4, -0.2) is 17.6 Å². The van der Waals surface area contributed by atoms with Crippen LogP contribution in [0.3, 0.4) is 0 Å². The fourth-order valence-corrected chi connectivity index (χ4v) is 2.14. The number of aliphatic hydroxyl groups is 1. The maximum absolute atomic E-state index is 11.5. The molecule has 0 bridgehead atoms. The van der Waals surface area contributed by atoms with Crippen LogP contribution in [0.5, 0.6) is 0 Å². The van der Waals surface area contributed by atoms with Crippen LogP contribution in [0, 0.1) is 11.8 Å². The lowest BCUT2D eigenvalue weighted by atomic mass is 9.83. The highest BCUT2D eigenvalue weighted by Crippen LogP contribution is 2.38. The zero-order valence-corrected chi connectivity index (χ0v) is 7.58. The summed E-state index contributed by atoms with van der Waals surface area (Å²) in [5.74, 6) is 0.194. The Morgan fingerprint density at radius 3 is 3.15 bits per heavy atom. The minimum atomic E-state index is -0.116. The Kier molecular flexibility index (Phi) is 1.96. The van der Waals surface area contributed by atoms with Gasteiger partial charge in [0, 0.05) is 12.1 Å². The van der Waals surface area contributed by atoms with Crippen molar-refractivity contribution in [2.75, 3.05) is 6.61 Å². The van der Waals surface area contributed by atoms with E-state index in [1.165, 1.54) is 5.57 Å². The molecule has 1 aliphatic heterocycles. The number of carbonyl (C=O) groups is 1. The minimum Gasteiger partial charge on any atom is -0.392 e. The first-order valence-corrected chi connectivity index (χ1v) is 4.51. The Morgan fingerprint density at radius 2 is 2.46 bits per heavy atom. The SMILES string of the molecule is CC1=CNC(=O)[C@@H]2C(CO)=CC[C@H]12. The van der Waals surface area contributed by atoms with Crippen molar-refractivity contribution in [3.05, 3.63) is 23.4 Å².